The molecule has 1 aliphatic rings. The Labute approximate surface area is 299 Å². The molecule has 1 unspecified atom stereocenters. The molecule has 1 aliphatic heterocycles. The van der Waals surface area contributed by atoms with Crippen LogP contribution in [-0.4, -0.2) is 120 Å². The Balaban J connectivity index is 2.36. The fraction of sp³-hybridized carbons (Fsp3) is 0.684. The topological polar surface area (TPSA) is 139 Å². The van der Waals surface area contributed by atoms with Crippen molar-refractivity contribution in [3.63, 3.8) is 0 Å². The van der Waals surface area contributed by atoms with Crippen LogP contribution in [0.25, 0.3) is 0 Å². The number of piperidine rings is 1. The maximum absolute atomic E-state index is 14.4. The van der Waals surface area contributed by atoms with Crippen molar-refractivity contribution >= 4 is 35.4 Å². The van der Waals surface area contributed by atoms with E-state index in [1.165, 1.54) is 28.7 Å². The van der Waals surface area contributed by atoms with Crippen molar-refractivity contribution in [2.45, 2.75) is 111 Å². The van der Waals surface area contributed by atoms with E-state index in [1.807, 2.05) is 76.8 Å². The van der Waals surface area contributed by atoms with Gasteiger partial charge in [0.2, 0.25) is 35.4 Å². The van der Waals surface area contributed by atoms with E-state index < -0.39 is 47.8 Å². The normalized spacial score (nSPS) is 16.1. The zero-order valence-electron chi connectivity index (χ0n) is 32.0. The van der Waals surface area contributed by atoms with Gasteiger partial charge in [0.25, 0.3) is 0 Å². The molecule has 0 spiro atoms. The van der Waals surface area contributed by atoms with Crippen molar-refractivity contribution in [1.82, 2.24) is 30.2 Å². The number of hydrogen-bond donors (Lipinski definition) is 2. The van der Waals surface area contributed by atoms with Crippen LogP contribution in [0.1, 0.15) is 86.1 Å². The van der Waals surface area contributed by atoms with Gasteiger partial charge in [-0.05, 0) is 49.0 Å². The lowest BCUT2D eigenvalue weighted by atomic mass is 9.96. The molecule has 280 valence electrons. The summed E-state index contributed by atoms with van der Waals surface area (Å²) in [5.41, 5.74) is 0.822. The maximum atomic E-state index is 14.4. The Morgan fingerprint density at radius 3 is 1.86 bits per heavy atom. The molecular formula is C38H62N6O6. The van der Waals surface area contributed by atoms with Gasteiger partial charge in [0, 0.05) is 47.6 Å². The van der Waals surface area contributed by atoms with Gasteiger partial charge in [-0.25, -0.2) is 0 Å². The molecule has 12 nitrogen and oxygen atoms in total. The second kappa shape index (κ2) is 20.0. The fourth-order valence-electron chi connectivity index (χ4n) is 6.35. The van der Waals surface area contributed by atoms with E-state index in [9.17, 15) is 28.8 Å². The molecule has 12 heteroatoms. The number of likely N-dealkylation sites (N-methyl/N-ethyl adjacent to an activating group) is 3. The van der Waals surface area contributed by atoms with E-state index in [1.54, 1.807) is 14.1 Å². The standard InChI is InChI=1S/C38H62N6O6/c1-11-27(6)34(38(50)44-20-16-13-17-21-44)40-32(46)24-41(8)35(47)31(23-29-18-14-12-15-19-29)42(9)36(48)30(22-25(2)3)43(10)37(49)33(26(4)5)39-28(7)45/h12,14-15,18-19,25-27,30-31,33-34H,11,13,16-17,20-24H2,1-10H3,(H,39,45)(H,40,46)/t27-,30-,31-,33?,34-/m0/s1. The highest BCUT2D eigenvalue weighted by atomic mass is 16.2. The molecule has 0 saturated carbocycles. The second-order valence-electron chi connectivity index (χ2n) is 14.7. The number of carbonyl (C=O) groups is 6. The molecule has 1 saturated heterocycles. The van der Waals surface area contributed by atoms with Crippen LogP contribution < -0.4 is 10.6 Å². The van der Waals surface area contributed by atoms with Gasteiger partial charge in [-0.3, -0.25) is 28.8 Å². The number of carbonyl (C=O) groups excluding carboxylic acids is 6. The molecule has 1 heterocycles. The van der Waals surface area contributed by atoms with Gasteiger partial charge >= 0.3 is 0 Å². The fourth-order valence-corrected chi connectivity index (χ4v) is 6.35. The highest BCUT2D eigenvalue weighted by Crippen LogP contribution is 2.20. The molecule has 50 heavy (non-hydrogen) atoms. The number of amides is 6. The molecule has 0 radical (unpaired) electrons. The van der Waals surface area contributed by atoms with Crippen LogP contribution in [-0.2, 0) is 35.2 Å². The highest BCUT2D eigenvalue weighted by molar-refractivity contribution is 5.95. The third-order valence-electron chi connectivity index (χ3n) is 9.68. The summed E-state index contributed by atoms with van der Waals surface area (Å²) in [5.74, 6) is -2.43. The van der Waals surface area contributed by atoms with Crippen molar-refractivity contribution in [3.8, 4) is 0 Å². The molecule has 0 bridgehead atoms. The number of nitrogens with zero attached hydrogens (tertiary/aromatic N) is 4. The summed E-state index contributed by atoms with van der Waals surface area (Å²) >= 11 is 0. The van der Waals surface area contributed by atoms with Gasteiger partial charge in [0.05, 0.1) is 6.54 Å². The molecule has 1 aromatic carbocycles. The first-order valence-corrected chi connectivity index (χ1v) is 18.2. The highest BCUT2D eigenvalue weighted by Gasteiger charge is 2.39. The van der Waals surface area contributed by atoms with Gasteiger partial charge in [0.15, 0.2) is 0 Å². The van der Waals surface area contributed by atoms with Crippen molar-refractivity contribution in [3.05, 3.63) is 35.9 Å². The number of likely N-dealkylation sites (tertiary alicyclic amines) is 1. The number of benzene rings is 1. The van der Waals surface area contributed by atoms with Gasteiger partial charge in [-0.15, -0.1) is 0 Å². The van der Waals surface area contributed by atoms with Crippen LogP contribution in [0, 0.1) is 17.8 Å². The van der Waals surface area contributed by atoms with Crippen LogP contribution in [0.5, 0.6) is 0 Å². The minimum Gasteiger partial charge on any atom is -0.344 e. The quantitative estimate of drug-likeness (QED) is 0.257. The van der Waals surface area contributed by atoms with Crippen molar-refractivity contribution in [1.29, 1.82) is 0 Å². The number of nitrogens with one attached hydrogen (secondary N) is 2. The molecule has 6 amide bonds. The average Bonchev–Trinajstić information content (AvgIpc) is 3.09. The van der Waals surface area contributed by atoms with Gasteiger partial charge in [0.1, 0.15) is 24.2 Å². The van der Waals surface area contributed by atoms with Crippen LogP contribution in [0.3, 0.4) is 0 Å². The zero-order chi connectivity index (χ0) is 37.7. The molecule has 0 aromatic heterocycles. The van der Waals surface area contributed by atoms with E-state index in [0.717, 1.165) is 24.8 Å². The summed E-state index contributed by atoms with van der Waals surface area (Å²) in [4.78, 5) is 86.9. The lowest BCUT2D eigenvalue weighted by molar-refractivity contribution is -0.152. The smallest absolute Gasteiger partial charge is 0.245 e. The maximum Gasteiger partial charge on any atom is 0.245 e. The monoisotopic (exact) mass is 698 g/mol. The second-order valence-corrected chi connectivity index (χ2v) is 14.7. The SMILES string of the molecule is CC[C@H](C)[C@H](NC(=O)CN(C)C(=O)[C@H](Cc1ccccc1)N(C)C(=O)[C@H](CC(C)C)N(C)C(=O)C(NC(C)=O)C(C)C)C(=O)N1CCCCC1. The van der Waals surface area contributed by atoms with E-state index in [4.69, 9.17) is 0 Å². The van der Waals surface area contributed by atoms with E-state index in [-0.39, 0.29) is 42.5 Å². The Bertz CT molecular complexity index is 1300. The van der Waals surface area contributed by atoms with Crippen molar-refractivity contribution in [2.75, 3.05) is 40.8 Å². The average molecular weight is 699 g/mol. The van der Waals surface area contributed by atoms with Gasteiger partial charge in [-0.1, -0.05) is 78.3 Å². The zero-order valence-corrected chi connectivity index (χ0v) is 32.0. The lowest BCUT2D eigenvalue weighted by Crippen LogP contribution is -2.59. The van der Waals surface area contributed by atoms with Crippen LogP contribution >= 0.6 is 0 Å². The van der Waals surface area contributed by atoms with Crippen molar-refractivity contribution in [2.24, 2.45) is 17.8 Å². The summed E-state index contributed by atoms with van der Waals surface area (Å²) in [6.07, 6.45) is 4.18. The Morgan fingerprint density at radius 1 is 0.760 bits per heavy atom. The molecule has 2 N–H and O–H groups in total. The van der Waals surface area contributed by atoms with Crippen LogP contribution in [0.2, 0.25) is 0 Å². The van der Waals surface area contributed by atoms with Crippen molar-refractivity contribution < 1.29 is 28.8 Å². The molecular weight excluding hydrogens is 636 g/mol. The predicted octanol–water partition coefficient (Wildman–Crippen LogP) is 3.09. The summed E-state index contributed by atoms with van der Waals surface area (Å²) in [6, 6.07) is 5.90. The summed E-state index contributed by atoms with van der Waals surface area (Å²) in [6.45, 7) is 13.9. The van der Waals surface area contributed by atoms with Gasteiger partial charge in [-0.2, -0.15) is 0 Å². The largest absolute Gasteiger partial charge is 0.344 e. The van der Waals surface area contributed by atoms with E-state index >= 15 is 0 Å². The summed E-state index contributed by atoms with van der Waals surface area (Å²) in [5, 5.41) is 5.63. The predicted molar refractivity (Wildman–Crippen MR) is 195 cm³/mol. The molecule has 2 rings (SSSR count). The molecule has 5 atom stereocenters. The number of hydrogen-bond acceptors (Lipinski definition) is 6. The van der Waals surface area contributed by atoms with Crippen LogP contribution in [0.4, 0.5) is 0 Å². The third-order valence-corrected chi connectivity index (χ3v) is 9.68. The summed E-state index contributed by atoms with van der Waals surface area (Å²) in [7, 11) is 4.63. The first kappa shape index (κ1) is 42.2. The minimum atomic E-state index is -0.988. The summed E-state index contributed by atoms with van der Waals surface area (Å²) < 4.78 is 0. The Hall–Kier alpha value is -3.96. The number of rotatable bonds is 17. The molecule has 1 fully saturated rings. The van der Waals surface area contributed by atoms with E-state index in [0.29, 0.717) is 25.9 Å². The Kier molecular flexibility index (Phi) is 16.9. The molecule has 1 aromatic rings. The minimum absolute atomic E-state index is 0.0339. The first-order chi connectivity index (χ1) is 23.5. The van der Waals surface area contributed by atoms with Gasteiger partial charge < -0.3 is 30.2 Å². The van der Waals surface area contributed by atoms with Crippen LogP contribution in [0.15, 0.2) is 30.3 Å². The third kappa shape index (κ3) is 12.1. The Morgan fingerprint density at radius 2 is 1.34 bits per heavy atom. The first-order valence-electron chi connectivity index (χ1n) is 18.2. The van der Waals surface area contributed by atoms with E-state index in [2.05, 4.69) is 10.6 Å². The molecule has 0 aliphatic carbocycles. The lowest BCUT2D eigenvalue weighted by Gasteiger charge is -2.38.